The molecule has 0 unspecified atom stereocenters. The Hall–Kier alpha value is -1.77. The lowest BCUT2D eigenvalue weighted by atomic mass is 9.66. The number of para-hydroxylation sites is 1. The van der Waals surface area contributed by atoms with Gasteiger partial charge < -0.3 is 4.74 Å². The van der Waals surface area contributed by atoms with Crippen LogP contribution in [0.15, 0.2) is 48.5 Å². The fourth-order valence-corrected chi connectivity index (χ4v) is 2.19. The van der Waals surface area contributed by atoms with E-state index in [0.29, 0.717) is 6.61 Å². The van der Waals surface area contributed by atoms with Crippen LogP contribution in [0.3, 0.4) is 0 Å². The van der Waals surface area contributed by atoms with E-state index in [-0.39, 0.29) is 13.1 Å². The zero-order valence-corrected chi connectivity index (χ0v) is 10.8. The van der Waals surface area contributed by atoms with Crippen molar-refractivity contribution in [2.24, 2.45) is 0 Å². The third kappa shape index (κ3) is 3.62. The van der Waals surface area contributed by atoms with E-state index in [0.717, 1.165) is 12.1 Å². The van der Waals surface area contributed by atoms with Gasteiger partial charge in [0.15, 0.2) is 0 Å². The number of rotatable bonds is 5. The highest BCUT2D eigenvalue weighted by molar-refractivity contribution is 6.54. The average Bonchev–Trinajstić information content (AvgIpc) is 2.40. The highest BCUT2D eigenvalue weighted by Crippen LogP contribution is 2.08. The fraction of sp³-hybridized carbons (Fsp3) is 0.200. The third-order valence-corrected chi connectivity index (χ3v) is 3.32. The summed E-state index contributed by atoms with van der Waals surface area (Å²) >= 11 is 0. The summed E-state index contributed by atoms with van der Waals surface area (Å²) < 4.78 is 18.7. The molecule has 0 amide bonds. The van der Waals surface area contributed by atoms with E-state index >= 15 is 0 Å². The number of hydrogen-bond donors (Lipinski definition) is 0. The van der Waals surface area contributed by atoms with Crippen molar-refractivity contribution in [1.29, 1.82) is 0 Å². The van der Waals surface area contributed by atoms with Gasteiger partial charge in [0.25, 0.3) is 0 Å². The first-order valence-electron chi connectivity index (χ1n) is 6.54. The van der Waals surface area contributed by atoms with Crippen LogP contribution in [0.1, 0.15) is 5.56 Å². The van der Waals surface area contributed by atoms with Crippen molar-refractivity contribution in [1.82, 2.24) is 0 Å². The van der Waals surface area contributed by atoms with Gasteiger partial charge in [0.1, 0.15) is 11.6 Å². The number of hydrogen-bond acceptors (Lipinski definition) is 1. The molecule has 2 aromatic carbocycles. The standard InChI is InChI=1S/C15H17BFO/c1-12-7-8-13(17)11-15(12)16-9-10-18-14-5-3-2-4-6-14/h2-8,11H,9-10,16H2,1H3/q-1. The first-order valence-corrected chi connectivity index (χ1v) is 6.54. The Labute approximate surface area is 108 Å². The summed E-state index contributed by atoms with van der Waals surface area (Å²) in [5.41, 5.74) is 2.38. The topological polar surface area (TPSA) is 9.23 Å². The fourth-order valence-electron chi connectivity index (χ4n) is 2.19. The van der Waals surface area contributed by atoms with Gasteiger partial charge in [0.05, 0.1) is 6.61 Å². The van der Waals surface area contributed by atoms with Crippen LogP contribution in [0, 0.1) is 12.7 Å². The molecule has 1 nitrogen and oxygen atoms in total. The van der Waals surface area contributed by atoms with Crippen molar-refractivity contribution >= 4 is 12.7 Å². The molecule has 3 heteroatoms. The number of benzene rings is 2. The Morgan fingerprint density at radius 3 is 2.67 bits per heavy atom. The number of ether oxygens (including phenoxy) is 1. The van der Waals surface area contributed by atoms with Gasteiger partial charge in [0, 0.05) is 7.28 Å². The molecule has 0 aliphatic heterocycles. The molecule has 0 aromatic heterocycles. The molecular weight excluding hydrogens is 226 g/mol. The minimum Gasteiger partial charge on any atom is -0.497 e. The monoisotopic (exact) mass is 243 g/mol. The molecule has 0 fully saturated rings. The van der Waals surface area contributed by atoms with Crippen LogP contribution in [-0.4, -0.2) is 13.9 Å². The Balaban J connectivity index is 1.80. The average molecular weight is 243 g/mol. The van der Waals surface area contributed by atoms with Crippen molar-refractivity contribution in [3.8, 4) is 5.75 Å². The zero-order chi connectivity index (χ0) is 12.8. The van der Waals surface area contributed by atoms with Crippen LogP contribution >= 0.6 is 0 Å². The second-order valence-electron chi connectivity index (χ2n) is 4.74. The molecule has 94 valence electrons. The van der Waals surface area contributed by atoms with Gasteiger partial charge in [-0.3, -0.25) is 0 Å². The van der Waals surface area contributed by atoms with Gasteiger partial charge in [-0.1, -0.05) is 35.9 Å². The molecule has 2 aromatic rings. The maximum Gasteiger partial charge on any atom is 0.120 e. The predicted molar refractivity (Wildman–Crippen MR) is 76.1 cm³/mol. The molecular formula is C15H17BFO-. The maximum absolute atomic E-state index is 13.1. The summed E-state index contributed by atoms with van der Waals surface area (Å²) in [7, 11) is -0.314. The highest BCUT2D eigenvalue weighted by atomic mass is 19.1. The summed E-state index contributed by atoms with van der Waals surface area (Å²) in [6.07, 6.45) is 1.01. The van der Waals surface area contributed by atoms with Crippen LogP contribution in [0.25, 0.3) is 0 Å². The Kier molecular flexibility index (Phi) is 4.40. The van der Waals surface area contributed by atoms with Crippen LogP contribution in [0.2, 0.25) is 6.32 Å². The van der Waals surface area contributed by atoms with Crippen molar-refractivity contribution in [3.05, 3.63) is 59.9 Å². The molecule has 0 saturated heterocycles. The Morgan fingerprint density at radius 1 is 1.11 bits per heavy atom. The van der Waals surface area contributed by atoms with E-state index in [2.05, 4.69) is 0 Å². The second kappa shape index (κ2) is 6.24. The van der Waals surface area contributed by atoms with Gasteiger partial charge in [-0.05, 0) is 25.1 Å². The lowest BCUT2D eigenvalue weighted by Gasteiger charge is -2.12. The molecule has 0 saturated carbocycles. The first-order chi connectivity index (χ1) is 8.75. The first kappa shape index (κ1) is 12.7. The summed E-state index contributed by atoms with van der Waals surface area (Å²) in [5, 5.41) is 0. The van der Waals surface area contributed by atoms with Gasteiger partial charge >= 0.3 is 0 Å². The minimum absolute atomic E-state index is 0.136. The smallest absolute Gasteiger partial charge is 0.120 e. The SMILES string of the molecule is Cc1ccc(F)cc1[BH2-]CCOc1ccccc1. The molecule has 0 aliphatic carbocycles. The normalized spacial score (nSPS) is 10.3. The van der Waals surface area contributed by atoms with E-state index in [9.17, 15) is 4.39 Å². The molecule has 0 atom stereocenters. The Morgan fingerprint density at radius 2 is 1.89 bits per heavy atom. The lowest BCUT2D eigenvalue weighted by Crippen LogP contribution is -2.19. The number of halogens is 1. The Bertz CT molecular complexity index is 499. The van der Waals surface area contributed by atoms with Crippen LogP contribution in [0.5, 0.6) is 5.75 Å². The van der Waals surface area contributed by atoms with E-state index in [1.807, 2.05) is 43.3 Å². The van der Waals surface area contributed by atoms with Gasteiger partial charge in [0.2, 0.25) is 0 Å². The molecule has 0 heterocycles. The molecule has 0 N–H and O–H groups in total. The molecule has 0 spiro atoms. The van der Waals surface area contributed by atoms with Crippen LogP contribution in [-0.2, 0) is 0 Å². The van der Waals surface area contributed by atoms with E-state index in [1.165, 1.54) is 17.1 Å². The predicted octanol–water partition coefficient (Wildman–Crippen LogP) is 2.43. The quantitative estimate of drug-likeness (QED) is 0.578. The second-order valence-corrected chi connectivity index (χ2v) is 4.74. The van der Waals surface area contributed by atoms with Crippen LogP contribution in [0.4, 0.5) is 4.39 Å². The summed E-state index contributed by atoms with van der Waals surface area (Å²) in [4.78, 5) is 0. The molecule has 2 rings (SSSR count). The lowest BCUT2D eigenvalue weighted by molar-refractivity contribution is 0.340. The third-order valence-electron chi connectivity index (χ3n) is 3.32. The van der Waals surface area contributed by atoms with Crippen LogP contribution < -0.4 is 10.2 Å². The minimum atomic E-state index is -0.314. The van der Waals surface area contributed by atoms with Crippen molar-refractivity contribution in [2.45, 2.75) is 13.2 Å². The van der Waals surface area contributed by atoms with Gasteiger partial charge in [-0.2, -0.15) is 0 Å². The largest absolute Gasteiger partial charge is 0.497 e. The summed E-state index contributed by atoms with van der Waals surface area (Å²) in [6, 6.07) is 14.8. The highest BCUT2D eigenvalue weighted by Gasteiger charge is 1.96. The van der Waals surface area contributed by atoms with E-state index in [1.54, 1.807) is 6.07 Å². The van der Waals surface area contributed by atoms with Crippen molar-refractivity contribution in [3.63, 3.8) is 0 Å². The van der Waals surface area contributed by atoms with Gasteiger partial charge in [-0.25, -0.2) is 9.85 Å². The maximum atomic E-state index is 13.1. The summed E-state index contributed by atoms with van der Waals surface area (Å²) in [5.74, 6) is 0.767. The molecule has 0 bridgehead atoms. The van der Waals surface area contributed by atoms with Crippen molar-refractivity contribution < 1.29 is 9.13 Å². The van der Waals surface area contributed by atoms with E-state index < -0.39 is 0 Å². The zero-order valence-electron chi connectivity index (χ0n) is 10.8. The molecule has 18 heavy (non-hydrogen) atoms. The molecule has 0 radical (unpaired) electrons. The van der Waals surface area contributed by atoms with Gasteiger partial charge in [-0.15, -0.1) is 6.32 Å². The van der Waals surface area contributed by atoms with Crippen molar-refractivity contribution in [2.75, 3.05) is 6.61 Å². The summed E-state index contributed by atoms with van der Waals surface area (Å²) in [6.45, 7) is 2.75. The number of aryl methyl sites for hydroxylation is 1. The molecule has 0 aliphatic rings. The van der Waals surface area contributed by atoms with E-state index in [4.69, 9.17) is 4.74 Å².